The minimum atomic E-state index is 0.824. The Morgan fingerprint density at radius 1 is 1.00 bits per heavy atom. The summed E-state index contributed by atoms with van der Waals surface area (Å²) >= 11 is 1.67. The highest BCUT2D eigenvalue weighted by Crippen LogP contribution is 2.37. The molecule has 2 aromatic rings. The van der Waals surface area contributed by atoms with E-state index in [2.05, 4.69) is 6.07 Å². The molecule has 0 saturated carbocycles. The molecule has 0 heterocycles. The quantitative estimate of drug-likeness (QED) is 0.837. The molecule has 0 fully saturated rings. The van der Waals surface area contributed by atoms with Gasteiger partial charge in [0.05, 0.1) is 12.0 Å². The number of benzene rings is 2. The lowest BCUT2D eigenvalue weighted by Gasteiger charge is -2.10. The minimum absolute atomic E-state index is 0.824. The number of hydrogen-bond acceptors (Lipinski definition) is 3. The first-order valence-corrected chi connectivity index (χ1v) is 6.20. The molecule has 2 N–H and O–H groups in total. The van der Waals surface area contributed by atoms with Crippen molar-refractivity contribution >= 4 is 17.4 Å². The molecule has 2 aromatic carbocycles. The maximum absolute atomic E-state index is 5.90. The summed E-state index contributed by atoms with van der Waals surface area (Å²) < 4.78 is 5.34. The minimum Gasteiger partial charge on any atom is -0.496 e. The van der Waals surface area contributed by atoms with Crippen LogP contribution in [-0.2, 0) is 0 Å². The van der Waals surface area contributed by atoms with Gasteiger partial charge in [-0.05, 0) is 36.8 Å². The summed E-state index contributed by atoms with van der Waals surface area (Å²) in [7, 11) is 1.69. The first-order chi connectivity index (χ1) is 8.22. The van der Waals surface area contributed by atoms with Crippen molar-refractivity contribution in [1.82, 2.24) is 0 Å². The van der Waals surface area contributed by atoms with Crippen molar-refractivity contribution in [3.63, 3.8) is 0 Å². The fraction of sp³-hybridized carbons (Fsp3) is 0.143. The second-order valence-corrected chi connectivity index (χ2v) is 4.81. The molecule has 0 aliphatic rings. The molecule has 0 saturated heterocycles. The van der Waals surface area contributed by atoms with Gasteiger partial charge in [0, 0.05) is 10.6 Å². The number of rotatable bonds is 3. The van der Waals surface area contributed by atoms with Crippen LogP contribution in [0.4, 0.5) is 5.69 Å². The molecule has 2 rings (SSSR count). The molecule has 0 bridgehead atoms. The number of nitrogen functional groups attached to an aromatic ring is 1. The second-order valence-electron chi connectivity index (χ2n) is 3.72. The van der Waals surface area contributed by atoms with Gasteiger partial charge in [-0.1, -0.05) is 30.0 Å². The topological polar surface area (TPSA) is 35.2 Å². The van der Waals surface area contributed by atoms with Crippen LogP contribution in [0.15, 0.2) is 52.3 Å². The van der Waals surface area contributed by atoms with E-state index in [0.717, 1.165) is 26.8 Å². The van der Waals surface area contributed by atoms with Gasteiger partial charge in [0.1, 0.15) is 5.75 Å². The summed E-state index contributed by atoms with van der Waals surface area (Å²) in [6.45, 7) is 2.03. The van der Waals surface area contributed by atoms with Crippen LogP contribution < -0.4 is 10.5 Å². The zero-order valence-corrected chi connectivity index (χ0v) is 10.8. The van der Waals surface area contributed by atoms with Gasteiger partial charge in [-0.3, -0.25) is 0 Å². The highest BCUT2D eigenvalue weighted by Gasteiger charge is 2.07. The van der Waals surface area contributed by atoms with Crippen molar-refractivity contribution in [2.75, 3.05) is 12.8 Å². The van der Waals surface area contributed by atoms with E-state index in [1.54, 1.807) is 18.9 Å². The average Bonchev–Trinajstić information content (AvgIpc) is 2.35. The fourth-order valence-corrected chi connectivity index (χ4v) is 2.62. The summed E-state index contributed by atoms with van der Waals surface area (Å²) in [5.41, 5.74) is 7.84. The van der Waals surface area contributed by atoms with E-state index >= 15 is 0 Å². The maximum Gasteiger partial charge on any atom is 0.132 e. The van der Waals surface area contributed by atoms with Gasteiger partial charge in [-0.2, -0.15) is 0 Å². The van der Waals surface area contributed by atoms with Crippen LogP contribution in [0.1, 0.15) is 5.56 Å². The molecule has 0 unspecified atom stereocenters. The van der Waals surface area contributed by atoms with Crippen molar-refractivity contribution < 1.29 is 4.74 Å². The summed E-state index contributed by atoms with van der Waals surface area (Å²) in [4.78, 5) is 2.26. The van der Waals surface area contributed by atoms with Crippen LogP contribution in [0.5, 0.6) is 5.75 Å². The Bertz CT molecular complexity index is 525. The standard InChI is InChI=1S/C14H15NOS/c1-10-11(15)6-5-9-13(10)17-14-8-4-3-7-12(14)16-2/h3-9H,15H2,1-2H3. The highest BCUT2D eigenvalue weighted by atomic mass is 32.2. The lowest BCUT2D eigenvalue weighted by atomic mass is 10.2. The third kappa shape index (κ3) is 2.56. The smallest absolute Gasteiger partial charge is 0.132 e. The van der Waals surface area contributed by atoms with Crippen molar-refractivity contribution in [2.24, 2.45) is 0 Å². The predicted octanol–water partition coefficient (Wildman–Crippen LogP) is 3.74. The van der Waals surface area contributed by atoms with Crippen LogP contribution in [0.3, 0.4) is 0 Å². The van der Waals surface area contributed by atoms with Gasteiger partial charge in [0.2, 0.25) is 0 Å². The number of methoxy groups -OCH3 is 1. The fourth-order valence-electron chi connectivity index (χ4n) is 1.56. The van der Waals surface area contributed by atoms with Gasteiger partial charge < -0.3 is 10.5 Å². The van der Waals surface area contributed by atoms with Crippen LogP contribution in [0, 0.1) is 6.92 Å². The van der Waals surface area contributed by atoms with Gasteiger partial charge in [-0.25, -0.2) is 0 Å². The zero-order valence-electron chi connectivity index (χ0n) is 9.94. The van der Waals surface area contributed by atoms with E-state index in [0.29, 0.717) is 0 Å². The molecular weight excluding hydrogens is 230 g/mol. The summed E-state index contributed by atoms with van der Waals surface area (Å²) in [5, 5.41) is 0. The molecule has 0 aromatic heterocycles. The Morgan fingerprint density at radius 2 is 1.71 bits per heavy atom. The largest absolute Gasteiger partial charge is 0.496 e. The van der Waals surface area contributed by atoms with Crippen molar-refractivity contribution in [3.8, 4) is 5.75 Å². The Labute approximate surface area is 106 Å². The van der Waals surface area contributed by atoms with Crippen molar-refractivity contribution in [3.05, 3.63) is 48.0 Å². The zero-order chi connectivity index (χ0) is 12.3. The normalized spacial score (nSPS) is 10.2. The van der Waals surface area contributed by atoms with E-state index in [4.69, 9.17) is 10.5 Å². The monoisotopic (exact) mass is 245 g/mol. The molecule has 88 valence electrons. The van der Waals surface area contributed by atoms with Crippen molar-refractivity contribution in [1.29, 1.82) is 0 Å². The van der Waals surface area contributed by atoms with E-state index in [1.807, 2.05) is 43.3 Å². The molecule has 17 heavy (non-hydrogen) atoms. The second kappa shape index (κ2) is 5.15. The number of anilines is 1. The highest BCUT2D eigenvalue weighted by molar-refractivity contribution is 7.99. The summed E-state index contributed by atoms with van der Waals surface area (Å²) in [5.74, 6) is 0.888. The molecule has 3 heteroatoms. The van der Waals surface area contributed by atoms with E-state index in [-0.39, 0.29) is 0 Å². The first kappa shape index (κ1) is 11.9. The van der Waals surface area contributed by atoms with E-state index in [9.17, 15) is 0 Å². The first-order valence-electron chi connectivity index (χ1n) is 5.38. The molecule has 0 radical (unpaired) electrons. The summed E-state index contributed by atoms with van der Waals surface area (Å²) in [6.07, 6.45) is 0. The van der Waals surface area contributed by atoms with E-state index < -0.39 is 0 Å². The number of para-hydroxylation sites is 1. The predicted molar refractivity (Wildman–Crippen MR) is 72.7 cm³/mol. The third-order valence-electron chi connectivity index (χ3n) is 2.61. The van der Waals surface area contributed by atoms with Crippen LogP contribution in [0.2, 0.25) is 0 Å². The van der Waals surface area contributed by atoms with Crippen LogP contribution >= 0.6 is 11.8 Å². The average molecular weight is 245 g/mol. The number of nitrogens with two attached hydrogens (primary N) is 1. The van der Waals surface area contributed by atoms with Crippen molar-refractivity contribution in [2.45, 2.75) is 16.7 Å². The van der Waals surface area contributed by atoms with Gasteiger partial charge >= 0.3 is 0 Å². The van der Waals surface area contributed by atoms with E-state index in [1.165, 1.54) is 0 Å². The van der Waals surface area contributed by atoms with Crippen LogP contribution in [0.25, 0.3) is 0 Å². The Hall–Kier alpha value is -1.61. The number of hydrogen-bond donors (Lipinski definition) is 1. The van der Waals surface area contributed by atoms with Gasteiger partial charge in [-0.15, -0.1) is 0 Å². The summed E-state index contributed by atoms with van der Waals surface area (Å²) in [6, 6.07) is 13.9. The lowest BCUT2D eigenvalue weighted by molar-refractivity contribution is 0.405. The molecule has 0 atom stereocenters. The third-order valence-corrected chi connectivity index (χ3v) is 3.83. The van der Waals surface area contributed by atoms with Gasteiger partial charge in [0.15, 0.2) is 0 Å². The molecule has 0 aliphatic carbocycles. The Balaban J connectivity index is 2.35. The number of ether oxygens (including phenoxy) is 1. The molecular formula is C14H15NOS. The molecule has 0 amide bonds. The maximum atomic E-state index is 5.90. The van der Waals surface area contributed by atoms with Crippen LogP contribution in [-0.4, -0.2) is 7.11 Å². The molecule has 0 spiro atoms. The van der Waals surface area contributed by atoms with Gasteiger partial charge in [0.25, 0.3) is 0 Å². The molecule has 2 nitrogen and oxygen atoms in total. The lowest BCUT2D eigenvalue weighted by Crippen LogP contribution is -1.91. The molecule has 0 aliphatic heterocycles. The SMILES string of the molecule is COc1ccccc1Sc1cccc(N)c1C. The Kier molecular flexibility index (Phi) is 3.59. The Morgan fingerprint density at radius 3 is 2.47 bits per heavy atom.